The van der Waals surface area contributed by atoms with Crippen LogP contribution in [0.25, 0.3) is 0 Å². The summed E-state index contributed by atoms with van der Waals surface area (Å²) in [4.78, 5) is 0. The highest BCUT2D eigenvalue weighted by molar-refractivity contribution is 7.93. The largest absolute Gasteiger partial charge is 0.414 e. The van der Waals surface area contributed by atoms with Crippen molar-refractivity contribution in [3.8, 4) is 0 Å². The molecule has 732 valence electrons. The fourth-order valence-corrected chi connectivity index (χ4v) is 34.1. The molecular formula is C101H159F13O12S. The maximum atomic E-state index is 13.2. The summed E-state index contributed by atoms with van der Waals surface area (Å²) < 4.78 is 190. The lowest BCUT2D eigenvalue weighted by Gasteiger charge is -2.59. The maximum absolute atomic E-state index is 13.2. The van der Waals surface area contributed by atoms with E-state index in [0.717, 1.165) is 180 Å². The summed E-state index contributed by atoms with van der Waals surface area (Å²) in [5, 5.41) is 83.7. The van der Waals surface area contributed by atoms with Gasteiger partial charge in [0.15, 0.2) is 24.4 Å². The molecule has 12 saturated carbocycles. The van der Waals surface area contributed by atoms with E-state index < -0.39 is 95.2 Å². The molecule has 0 saturated heterocycles. The molecule has 127 heavy (non-hydrogen) atoms. The van der Waals surface area contributed by atoms with Crippen molar-refractivity contribution in [2.45, 2.75) is 360 Å². The average Bonchev–Trinajstić information content (AvgIpc) is 1.64. The summed E-state index contributed by atoms with van der Waals surface area (Å²) in [6.07, 6.45) is 11.6. The molecule has 0 radical (unpaired) electrons. The second kappa shape index (κ2) is 37.7. The number of ether oxygens (including phenoxy) is 4. The third kappa shape index (κ3) is 19.2. The molecule has 16 aliphatic carbocycles. The van der Waals surface area contributed by atoms with Gasteiger partial charge < -0.3 is 59.8 Å². The minimum atomic E-state index is -4.55. The molecule has 1 unspecified atom stereocenters. The molecule has 16 rings (SSSR count). The van der Waals surface area contributed by atoms with Gasteiger partial charge in [0.05, 0.1) is 48.8 Å². The van der Waals surface area contributed by atoms with Gasteiger partial charge in [-0.3, -0.25) is 0 Å². The summed E-state index contributed by atoms with van der Waals surface area (Å²) in [5.74, 6) is 2.26. The highest BCUT2D eigenvalue weighted by atomic mass is 32.2. The summed E-state index contributed by atoms with van der Waals surface area (Å²) in [6.45, 7) is 26.0. The van der Waals surface area contributed by atoms with E-state index in [0.29, 0.717) is 123 Å². The predicted molar refractivity (Wildman–Crippen MR) is 468 cm³/mol. The van der Waals surface area contributed by atoms with Crippen molar-refractivity contribution < 1.29 is 116 Å². The van der Waals surface area contributed by atoms with Gasteiger partial charge >= 0.3 is 24.7 Å². The second-order valence-electron chi connectivity index (χ2n) is 46.8. The fraction of sp³-hybridized carbons (Fsp3) is 0.921. The standard InChI is InChI=1S/4C25H39F3O3.CH3FS/c4*1-15(21(29)25(26,27)28)18-7-8-19-17-6-5-16-13-24(30,14-31-4)12-11-22(16,2)20(17)9-10-23(18,19)3;1-3-2/h4*5,15,17-21,29-30H,6-14H2,1-4H3;1H3/t15-,17-,18+,19-,20-,21?,22-,23+,24-;2*15-,17-,18+,19-,20-,21+,22-,23+,24-;15-,17-,18+,19-,20-,21-,22-,23+,24-;/m0000./s1. The van der Waals surface area contributed by atoms with Gasteiger partial charge in [-0.1, -0.05) is 130 Å². The van der Waals surface area contributed by atoms with Crippen LogP contribution in [0.4, 0.5) is 56.6 Å². The first kappa shape index (κ1) is 104. The lowest BCUT2D eigenvalue weighted by atomic mass is 9.46. The molecule has 26 heteroatoms. The zero-order valence-electron chi connectivity index (χ0n) is 79.2. The van der Waals surface area contributed by atoms with Gasteiger partial charge in [-0.2, -0.15) is 56.6 Å². The Bertz CT molecular complexity index is 3400. The molecule has 0 aromatic rings. The van der Waals surface area contributed by atoms with Gasteiger partial charge in [-0.15, -0.1) is 0 Å². The quantitative estimate of drug-likeness (QED) is 0.0537. The van der Waals surface area contributed by atoms with E-state index in [2.05, 4.69) is 79.7 Å². The van der Waals surface area contributed by atoms with E-state index >= 15 is 0 Å². The molecule has 0 spiro atoms. The van der Waals surface area contributed by atoms with Gasteiger partial charge in [0.25, 0.3) is 0 Å². The number of halogens is 13. The minimum Gasteiger partial charge on any atom is -0.387 e. The molecule has 0 aromatic carbocycles. The van der Waals surface area contributed by atoms with Crippen molar-refractivity contribution in [1.82, 2.24) is 0 Å². The van der Waals surface area contributed by atoms with E-state index in [1.807, 2.05) is 0 Å². The van der Waals surface area contributed by atoms with Crippen LogP contribution in [0, 0.1) is 162 Å². The molecule has 0 heterocycles. The topological polar surface area (TPSA) is 199 Å². The highest BCUT2D eigenvalue weighted by Crippen LogP contribution is 2.74. The first-order chi connectivity index (χ1) is 58.8. The van der Waals surface area contributed by atoms with Gasteiger partial charge in [-0.25, -0.2) is 0 Å². The number of rotatable bonds is 16. The normalized spacial score (nSPS) is 46.1. The first-order valence-corrected chi connectivity index (χ1v) is 49.7. The Balaban J connectivity index is 0.000000152. The van der Waals surface area contributed by atoms with Crippen LogP contribution in [0.1, 0.15) is 289 Å². The van der Waals surface area contributed by atoms with Crippen LogP contribution < -0.4 is 0 Å². The van der Waals surface area contributed by atoms with E-state index in [1.54, 1.807) is 56.1 Å². The summed E-state index contributed by atoms with van der Waals surface area (Å²) in [6, 6.07) is 0. The zero-order valence-corrected chi connectivity index (χ0v) is 80.0. The smallest absolute Gasteiger partial charge is 0.387 e. The van der Waals surface area contributed by atoms with E-state index in [-0.39, 0.29) is 79.1 Å². The van der Waals surface area contributed by atoms with Crippen molar-refractivity contribution in [2.75, 3.05) is 61.1 Å². The molecule has 8 N–H and O–H groups in total. The molecule has 0 aromatic heterocycles. The van der Waals surface area contributed by atoms with Crippen molar-refractivity contribution >= 4 is 12.1 Å². The Labute approximate surface area is 754 Å². The predicted octanol–water partition coefficient (Wildman–Crippen LogP) is 23.2. The van der Waals surface area contributed by atoms with Crippen LogP contribution >= 0.6 is 12.1 Å². The van der Waals surface area contributed by atoms with Crippen molar-refractivity contribution in [1.29, 1.82) is 0 Å². The lowest BCUT2D eigenvalue weighted by Crippen LogP contribution is -2.53. The van der Waals surface area contributed by atoms with Gasteiger partial charge in [0.1, 0.15) is 0 Å². The van der Waals surface area contributed by atoms with Crippen LogP contribution in [0.3, 0.4) is 0 Å². The number of fused-ring (bicyclic) bond motifs is 20. The molecule has 12 fully saturated rings. The third-order valence-electron chi connectivity index (χ3n) is 40.8. The number of allylic oxidation sites excluding steroid dienone is 4. The third-order valence-corrected chi connectivity index (χ3v) is 40.8. The molecule has 36 atom stereocenters. The van der Waals surface area contributed by atoms with Crippen molar-refractivity contribution in [2.24, 2.45) is 162 Å². The molecule has 12 nitrogen and oxygen atoms in total. The highest BCUT2D eigenvalue weighted by Gasteiger charge is 2.68. The number of hydrogen-bond acceptors (Lipinski definition) is 13. The number of methoxy groups -OCH3 is 4. The summed E-state index contributed by atoms with van der Waals surface area (Å²) in [5.41, 5.74) is 2.04. The molecular weight excluding hydrogens is 1680 g/mol. The number of alkyl halides is 12. The Morgan fingerprint density at radius 1 is 0.307 bits per heavy atom. The summed E-state index contributed by atoms with van der Waals surface area (Å²) >= 11 is 0.250. The second-order valence-corrected chi connectivity index (χ2v) is 47.1. The first-order valence-electron chi connectivity index (χ1n) is 48.6. The Morgan fingerprint density at radius 3 is 0.638 bits per heavy atom. The fourth-order valence-electron chi connectivity index (χ4n) is 34.1. The Morgan fingerprint density at radius 2 is 0.480 bits per heavy atom. The van der Waals surface area contributed by atoms with Crippen molar-refractivity contribution in [3.05, 3.63) is 46.6 Å². The van der Waals surface area contributed by atoms with Crippen LogP contribution in [-0.2, 0) is 18.9 Å². The number of aliphatic hydroxyl groups excluding tert-OH is 4. The van der Waals surface area contributed by atoms with E-state index in [4.69, 9.17) is 18.9 Å². The SMILES string of the molecule is COC[C@]1(O)CC[C@@]2(C)C(=CC[C@H]3[C@@H]4CC[C@H]([C@H](C)C(O)C(F)(F)F)[C@@]4(C)CC[C@@H]32)C1.COC[C@]1(O)CC[C@@]2(C)C(=CC[C@H]3[C@@H]4CC[C@H]([C@H](C)[C@@H](O)C(F)(F)F)[C@@]4(C)CC[C@@H]32)C1.COC[C@]1(O)CC[C@@]2(C)C(=CC[C@H]3[C@@H]4CC[C@H]([C@H](C)[C@@H](O)C(F)(F)F)[C@@]4(C)CC[C@@H]32)C1.COC[C@]1(O)CC[C@@]2(C)C(=CC[C@H]3[C@@H]4CC[C@H]([C@H](C)[C@H](O)C(F)(F)F)[C@@]4(C)CC[C@@H]32)C1.CSF. The van der Waals surface area contributed by atoms with Gasteiger partial charge in [0.2, 0.25) is 0 Å². The molecule has 0 aliphatic heterocycles. The summed E-state index contributed by atoms with van der Waals surface area (Å²) in [7, 11) is 6.52. The molecule has 16 aliphatic rings. The Hall–Kier alpha value is -2.08. The van der Waals surface area contributed by atoms with Crippen molar-refractivity contribution in [3.63, 3.8) is 0 Å². The number of aliphatic hydroxyl groups is 8. The van der Waals surface area contributed by atoms with Crippen LogP contribution in [-0.4, -0.2) is 173 Å². The number of hydrogen-bond donors (Lipinski definition) is 8. The van der Waals surface area contributed by atoms with E-state index in [1.165, 1.54) is 28.5 Å². The minimum absolute atomic E-state index is 0.0689. The zero-order chi connectivity index (χ0) is 94.0. The molecule has 0 amide bonds. The van der Waals surface area contributed by atoms with Crippen LogP contribution in [0.15, 0.2) is 46.6 Å². The average molecular weight is 1840 g/mol. The van der Waals surface area contributed by atoms with Gasteiger partial charge in [-0.05, 0) is 367 Å². The Kier molecular flexibility index (Phi) is 30.8. The lowest BCUT2D eigenvalue weighted by molar-refractivity contribution is -0.227. The monoisotopic (exact) mass is 1840 g/mol. The van der Waals surface area contributed by atoms with E-state index in [9.17, 15) is 97.4 Å². The molecule has 0 bridgehead atoms. The maximum Gasteiger partial charge on any atom is 0.414 e. The van der Waals surface area contributed by atoms with Crippen LogP contribution in [0.5, 0.6) is 0 Å². The van der Waals surface area contributed by atoms with Crippen LogP contribution in [0.2, 0.25) is 0 Å². The van der Waals surface area contributed by atoms with Gasteiger partial charge in [0, 0.05) is 46.8 Å².